The first-order valence-corrected chi connectivity index (χ1v) is 8.55. The number of rotatable bonds is 6. The Labute approximate surface area is 136 Å². The molecule has 0 aliphatic carbocycles. The summed E-state index contributed by atoms with van der Waals surface area (Å²) in [5.41, 5.74) is 2.24. The van der Waals surface area contributed by atoms with E-state index in [0.29, 0.717) is 12.5 Å². The third-order valence-corrected chi connectivity index (χ3v) is 4.57. The molecule has 2 rings (SSSR count). The highest BCUT2D eigenvalue weighted by Crippen LogP contribution is 2.31. The van der Waals surface area contributed by atoms with Crippen LogP contribution in [0.4, 0.5) is 0 Å². The van der Waals surface area contributed by atoms with E-state index in [4.69, 9.17) is 16.3 Å². The van der Waals surface area contributed by atoms with Gasteiger partial charge in [-0.15, -0.1) is 11.8 Å². The van der Waals surface area contributed by atoms with Crippen molar-refractivity contribution in [3.63, 3.8) is 0 Å². The van der Waals surface area contributed by atoms with Crippen molar-refractivity contribution in [1.29, 1.82) is 0 Å². The van der Waals surface area contributed by atoms with E-state index in [0.717, 1.165) is 27.7 Å². The molecule has 0 bridgehead atoms. The maximum atomic E-state index is 6.28. The molecule has 0 fully saturated rings. The molecule has 21 heavy (non-hydrogen) atoms. The fourth-order valence-electron chi connectivity index (χ4n) is 2.09. The molecular weight excluding hydrogens is 300 g/mol. The van der Waals surface area contributed by atoms with Gasteiger partial charge < -0.3 is 4.74 Å². The zero-order chi connectivity index (χ0) is 15.2. The van der Waals surface area contributed by atoms with Gasteiger partial charge in [0, 0.05) is 15.7 Å². The Balaban J connectivity index is 1.92. The molecule has 0 amide bonds. The molecule has 0 heterocycles. The van der Waals surface area contributed by atoms with E-state index in [-0.39, 0.29) is 0 Å². The molecule has 0 aromatic heterocycles. The zero-order valence-electron chi connectivity index (χ0n) is 12.7. The second kappa shape index (κ2) is 7.77. The third-order valence-electron chi connectivity index (χ3n) is 3.27. The molecule has 0 unspecified atom stereocenters. The van der Waals surface area contributed by atoms with E-state index < -0.39 is 0 Å². The molecule has 1 nitrogen and oxygen atoms in total. The summed E-state index contributed by atoms with van der Waals surface area (Å²) in [7, 11) is 0. The SMILES string of the molecule is Cc1cc(Cl)c(C(C)C)cc1OCCSc1ccccc1. The van der Waals surface area contributed by atoms with Crippen LogP contribution in [-0.2, 0) is 0 Å². The number of aryl methyl sites for hydroxylation is 1. The van der Waals surface area contributed by atoms with Gasteiger partial charge in [-0.05, 0) is 48.2 Å². The average Bonchev–Trinajstić information content (AvgIpc) is 2.46. The maximum Gasteiger partial charge on any atom is 0.122 e. The van der Waals surface area contributed by atoms with Crippen molar-refractivity contribution < 1.29 is 4.74 Å². The normalized spacial score (nSPS) is 10.9. The Morgan fingerprint density at radius 3 is 2.52 bits per heavy atom. The molecule has 0 atom stereocenters. The summed E-state index contributed by atoms with van der Waals surface area (Å²) >= 11 is 8.09. The minimum atomic E-state index is 0.402. The van der Waals surface area contributed by atoms with Gasteiger partial charge in [0.1, 0.15) is 5.75 Å². The number of benzene rings is 2. The molecule has 2 aromatic rings. The molecule has 0 saturated heterocycles. The summed E-state index contributed by atoms with van der Waals surface area (Å²) in [5, 5.41) is 0.827. The summed E-state index contributed by atoms with van der Waals surface area (Å²) in [4.78, 5) is 1.27. The predicted molar refractivity (Wildman–Crippen MR) is 92.9 cm³/mol. The van der Waals surface area contributed by atoms with Crippen LogP contribution in [0.25, 0.3) is 0 Å². The smallest absolute Gasteiger partial charge is 0.122 e. The summed E-state index contributed by atoms with van der Waals surface area (Å²) in [6, 6.07) is 14.5. The molecule has 0 aliphatic rings. The summed E-state index contributed by atoms with van der Waals surface area (Å²) < 4.78 is 5.92. The number of ether oxygens (including phenoxy) is 1. The van der Waals surface area contributed by atoms with Crippen LogP contribution in [0.2, 0.25) is 5.02 Å². The molecule has 0 aliphatic heterocycles. The van der Waals surface area contributed by atoms with Gasteiger partial charge in [0.15, 0.2) is 0 Å². The molecular formula is C18H21ClOS. The van der Waals surface area contributed by atoms with Crippen molar-refractivity contribution in [1.82, 2.24) is 0 Å². The number of halogens is 1. The lowest BCUT2D eigenvalue weighted by Gasteiger charge is -2.14. The lowest BCUT2D eigenvalue weighted by Crippen LogP contribution is -2.03. The Morgan fingerprint density at radius 1 is 1.14 bits per heavy atom. The monoisotopic (exact) mass is 320 g/mol. The van der Waals surface area contributed by atoms with Crippen LogP contribution >= 0.6 is 23.4 Å². The Kier molecular flexibility index (Phi) is 6.01. The lowest BCUT2D eigenvalue weighted by molar-refractivity contribution is 0.341. The van der Waals surface area contributed by atoms with Crippen LogP contribution in [0.15, 0.2) is 47.4 Å². The minimum Gasteiger partial charge on any atom is -0.492 e. The zero-order valence-corrected chi connectivity index (χ0v) is 14.3. The van der Waals surface area contributed by atoms with E-state index in [1.54, 1.807) is 0 Å². The van der Waals surface area contributed by atoms with Gasteiger partial charge in [0.05, 0.1) is 6.61 Å². The predicted octanol–water partition coefficient (Wildman–Crippen LogP) is 5.94. The molecule has 2 aromatic carbocycles. The van der Waals surface area contributed by atoms with E-state index in [9.17, 15) is 0 Å². The van der Waals surface area contributed by atoms with Crippen LogP contribution in [0, 0.1) is 6.92 Å². The Hall–Kier alpha value is -1.12. The van der Waals surface area contributed by atoms with Crippen molar-refractivity contribution >= 4 is 23.4 Å². The largest absolute Gasteiger partial charge is 0.492 e. The van der Waals surface area contributed by atoms with Gasteiger partial charge in [0.25, 0.3) is 0 Å². The molecule has 3 heteroatoms. The first-order chi connectivity index (χ1) is 10.1. The highest BCUT2D eigenvalue weighted by molar-refractivity contribution is 7.99. The second-order valence-corrected chi connectivity index (χ2v) is 6.88. The van der Waals surface area contributed by atoms with Crippen molar-refractivity contribution in [3.8, 4) is 5.75 Å². The third kappa shape index (κ3) is 4.69. The molecule has 0 radical (unpaired) electrons. The van der Waals surface area contributed by atoms with Crippen LogP contribution in [0.3, 0.4) is 0 Å². The quantitative estimate of drug-likeness (QED) is 0.481. The van der Waals surface area contributed by atoms with Crippen LogP contribution in [-0.4, -0.2) is 12.4 Å². The van der Waals surface area contributed by atoms with Crippen LogP contribution < -0.4 is 4.74 Å². The van der Waals surface area contributed by atoms with E-state index >= 15 is 0 Å². The minimum absolute atomic E-state index is 0.402. The van der Waals surface area contributed by atoms with Crippen molar-refractivity contribution in [2.45, 2.75) is 31.6 Å². The van der Waals surface area contributed by atoms with Gasteiger partial charge in [-0.1, -0.05) is 43.6 Å². The Bertz CT molecular complexity index is 581. The second-order valence-electron chi connectivity index (χ2n) is 5.30. The number of thioether (sulfide) groups is 1. The van der Waals surface area contributed by atoms with E-state index in [1.165, 1.54) is 4.90 Å². The van der Waals surface area contributed by atoms with Gasteiger partial charge in [-0.25, -0.2) is 0 Å². The van der Waals surface area contributed by atoms with Crippen LogP contribution in [0.5, 0.6) is 5.75 Å². The van der Waals surface area contributed by atoms with Gasteiger partial charge in [-0.3, -0.25) is 0 Å². The summed E-state index contributed by atoms with van der Waals surface area (Å²) in [6.07, 6.45) is 0. The summed E-state index contributed by atoms with van der Waals surface area (Å²) in [6.45, 7) is 7.02. The number of hydrogen-bond acceptors (Lipinski definition) is 2. The fourth-order valence-corrected chi connectivity index (χ4v) is 3.28. The fraction of sp³-hybridized carbons (Fsp3) is 0.333. The molecule has 112 valence electrons. The summed E-state index contributed by atoms with van der Waals surface area (Å²) in [5.74, 6) is 2.28. The van der Waals surface area contributed by atoms with Crippen LogP contribution in [0.1, 0.15) is 30.9 Å². The first kappa shape index (κ1) is 16.3. The van der Waals surface area contributed by atoms with E-state index in [2.05, 4.69) is 44.2 Å². The number of hydrogen-bond donors (Lipinski definition) is 0. The molecule has 0 spiro atoms. The first-order valence-electron chi connectivity index (χ1n) is 7.18. The highest BCUT2D eigenvalue weighted by atomic mass is 35.5. The molecule has 0 N–H and O–H groups in total. The average molecular weight is 321 g/mol. The van der Waals surface area contributed by atoms with Gasteiger partial charge in [0.2, 0.25) is 0 Å². The topological polar surface area (TPSA) is 9.23 Å². The standard InChI is InChI=1S/C18H21ClOS/c1-13(2)16-12-18(14(3)11-17(16)19)20-9-10-21-15-7-5-4-6-8-15/h4-8,11-13H,9-10H2,1-3H3. The highest BCUT2D eigenvalue weighted by Gasteiger charge is 2.10. The Morgan fingerprint density at radius 2 is 1.86 bits per heavy atom. The van der Waals surface area contributed by atoms with Crippen molar-refractivity contribution in [2.24, 2.45) is 0 Å². The van der Waals surface area contributed by atoms with Crippen molar-refractivity contribution in [3.05, 3.63) is 58.6 Å². The lowest BCUT2D eigenvalue weighted by atomic mass is 10.0. The van der Waals surface area contributed by atoms with Gasteiger partial charge >= 0.3 is 0 Å². The van der Waals surface area contributed by atoms with E-state index in [1.807, 2.05) is 30.8 Å². The maximum absolute atomic E-state index is 6.28. The molecule has 0 saturated carbocycles. The van der Waals surface area contributed by atoms with Gasteiger partial charge in [-0.2, -0.15) is 0 Å². The van der Waals surface area contributed by atoms with Crippen molar-refractivity contribution in [2.75, 3.05) is 12.4 Å².